The smallest absolute Gasteiger partial charge is 0.270 e. The maximum Gasteiger partial charge on any atom is 0.270 e. The average molecular weight is 509 g/mol. The highest BCUT2D eigenvalue weighted by atomic mass is 32.1. The molecule has 0 unspecified atom stereocenters. The van der Waals surface area contributed by atoms with Gasteiger partial charge in [-0.05, 0) is 18.9 Å². The molecule has 10 nitrogen and oxygen atoms in total. The van der Waals surface area contributed by atoms with Crippen LogP contribution in [-0.4, -0.2) is 65.7 Å². The van der Waals surface area contributed by atoms with Crippen LogP contribution in [0.5, 0.6) is 0 Å². The zero-order chi connectivity index (χ0) is 24.8. The van der Waals surface area contributed by atoms with E-state index < -0.39 is 0 Å². The molecule has 1 saturated carbocycles. The van der Waals surface area contributed by atoms with Gasteiger partial charge in [0.05, 0.1) is 18.9 Å². The quantitative estimate of drug-likeness (QED) is 0.431. The second-order valence-electron chi connectivity index (χ2n) is 9.49. The Morgan fingerprint density at radius 2 is 1.97 bits per heavy atom. The van der Waals surface area contributed by atoms with Crippen LogP contribution in [0.15, 0.2) is 32.9 Å². The van der Waals surface area contributed by atoms with Crippen LogP contribution in [0.2, 0.25) is 0 Å². The fourth-order valence-electron chi connectivity index (χ4n) is 5.07. The summed E-state index contributed by atoms with van der Waals surface area (Å²) in [6.45, 7) is 2.55. The molecule has 0 aromatic carbocycles. The van der Waals surface area contributed by atoms with Crippen molar-refractivity contribution in [3.05, 3.63) is 39.6 Å². The second-order valence-corrected chi connectivity index (χ2v) is 10.4. The lowest BCUT2D eigenvalue weighted by Crippen LogP contribution is -2.36. The molecule has 4 aromatic rings. The van der Waals surface area contributed by atoms with Gasteiger partial charge in [0.1, 0.15) is 16.0 Å². The van der Waals surface area contributed by atoms with E-state index in [1.54, 1.807) is 31.3 Å². The largest absolute Gasteiger partial charge is 0.437 e. The summed E-state index contributed by atoms with van der Waals surface area (Å²) in [6.07, 6.45) is 6.07. The molecule has 11 heteroatoms. The molecule has 0 atom stereocenters. The third-order valence-corrected chi connectivity index (χ3v) is 7.87. The lowest BCUT2D eigenvalue weighted by atomic mass is 10.2. The molecule has 1 amide bonds. The van der Waals surface area contributed by atoms with E-state index in [0.717, 1.165) is 36.7 Å². The minimum absolute atomic E-state index is 0.0457. The van der Waals surface area contributed by atoms with Crippen molar-refractivity contribution in [3.63, 3.8) is 0 Å². The van der Waals surface area contributed by atoms with Crippen LogP contribution in [0.3, 0.4) is 0 Å². The molecule has 36 heavy (non-hydrogen) atoms. The number of anilines is 3. The van der Waals surface area contributed by atoms with Crippen LogP contribution in [0.4, 0.5) is 17.5 Å². The number of amides is 1. The Morgan fingerprint density at radius 3 is 2.72 bits per heavy atom. The molecule has 6 rings (SSSR count). The Kier molecular flexibility index (Phi) is 5.88. The van der Waals surface area contributed by atoms with Gasteiger partial charge in [-0.3, -0.25) is 9.59 Å². The van der Waals surface area contributed by atoms with Crippen molar-refractivity contribution < 1.29 is 13.9 Å². The van der Waals surface area contributed by atoms with Crippen molar-refractivity contribution in [2.45, 2.75) is 31.7 Å². The normalized spacial score (nSPS) is 16.8. The molecule has 1 saturated heterocycles. The molecule has 2 aliphatic rings. The fourth-order valence-corrected chi connectivity index (χ4v) is 5.91. The van der Waals surface area contributed by atoms with Crippen LogP contribution >= 0.6 is 11.3 Å². The van der Waals surface area contributed by atoms with Gasteiger partial charge >= 0.3 is 0 Å². The summed E-state index contributed by atoms with van der Waals surface area (Å²) in [6, 6.07) is 3.67. The summed E-state index contributed by atoms with van der Waals surface area (Å²) in [7, 11) is 3.52. The SMILES string of the molecule is CN(C)C(=O)c1cc2cnc(Nc3csc4c(=O)cc(N5CCOCC5)oc34)nc2n1C1CCCC1. The van der Waals surface area contributed by atoms with Gasteiger partial charge in [-0.15, -0.1) is 11.3 Å². The minimum atomic E-state index is -0.0749. The van der Waals surface area contributed by atoms with Crippen molar-refractivity contribution in [3.8, 4) is 0 Å². The number of rotatable bonds is 5. The third-order valence-electron chi connectivity index (χ3n) is 6.89. The first-order valence-corrected chi connectivity index (χ1v) is 13.1. The van der Waals surface area contributed by atoms with E-state index in [1.165, 1.54) is 11.3 Å². The monoisotopic (exact) mass is 508 g/mol. The Labute approximate surface area is 211 Å². The highest BCUT2D eigenvalue weighted by Crippen LogP contribution is 2.36. The highest BCUT2D eigenvalue weighted by molar-refractivity contribution is 7.17. The van der Waals surface area contributed by atoms with Crippen LogP contribution < -0.4 is 15.6 Å². The Balaban J connectivity index is 1.39. The molecule has 188 valence electrons. The van der Waals surface area contributed by atoms with Crippen LogP contribution in [-0.2, 0) is 4.74 Å². The predicted octanol–water partition coefficient (Wildman–Crippen LogP) is 4.00. The minimum Gasteiger partial charge on any atom is -0.437 e. The number of thiophene rings is 1. The van der Waals surface area contributed by atoms with Gasteiger partial charge in [0, 0.05) is 56.3 Å². The van der Waals surface area contributed by atoms with Gasteiger partial charge in [-0.1, -0.05) is 12.8 Å². The summed E-state index contributed by atoms with van der Waals surface area (Å²) in [4.78, 5) is 38.7. The number of aromatic nitrogens is 3. The average Bonchev–Trinajstić information content (AvgIpc) is 3.63. The van der Waals surface area contributed by atoms with Crippen LogP contribution in [0.1, 0.15) is 42.2 Å². The number of morpholine rings is 1. The van der Waals surface area contributed by atoms with E-state index in [9.17, 15) is 9.59 Å². The highest BCUT2D eigenvalue weighted by Gasteiger charge is 2.27. The topological polar surface area (TPSA) is 106 Å². The number of fused-ring (bicyclic) bond motifs is 2. The van der Waals surface area contributed by atoms with E-state index in [4.69, 9.17) is 14.1 Å². The fraction of sp³-hybridized carbons (Fsp3) is 0.440. The first-order valence-electron chi connectivity index (χ1n) is 12.2. The summed E-state index contributed by atoms with van der Waals surface area (Å²) < 4.78 is 14.2. The van der Waals surface area contributed by atoms with Gasteiger partial charge in [0.2, 0.25) is 11.4 Å². The molecule has 0 spiro atoms. The number of nitrogens with zero attached hydrogens (tertiary/aromatic N) is 5. The first kappa shape index (κ1) is 23.0. The zero-order valence-corrected chi connectivity index (χ0v) is 21.1. The number of hydrogen-bond donors (Lipinski definition) is 1. The van der Waals surface area contributed by atoms with E-state index in [1.807, 2.05) is 16.3 Å². The van der Waals surface area contributed by atoms with Gasteiger partial charge in [-0.2, -0.15) is 4.98 Å². The standard InChI is InChI=1S/C25H28N6O4S/c1-29(2)24(33)18-11-15-13-26-25(28-23(15)31(18)16-5-3-4-6-16)27-17-14-36-22-19(32)12-20(35-21(17)22)30-7-9-34-10-8-30/h11-14,16H,3-10H2,1-2H3,(H,26,27,28). The van der Waals surface area contributed by atoms with E-state index in [-0.39, 0.29) is 17.4 Å². The maximum atomic E-state index is 13.0. The molecule has 1 N–H and O–H groups in total. The summed E-state index contributed by atoms with van der Waals surface area (Å²) in [5, 5.41) is 5.94. The molecular weight excluding hydrogens is 480 g/mol. The van der Waals surface area contributed by atoms with Gasteiger partial charge in [0.15, 0.2) is 11.5 Å². The second kappa shape index (κ2) is 9.21. The van der Waals surface area contributed by atoms with Crippen molar-refractivity contribution in [2.24, 2.45) is 0 Å². The van der Waals surface area contributed by atoms with Gasteiger partial charge in [0.25, 0.3) is 5.91 Å². The maximum absolute atomic E-state index is 13.0. The number of hydrogen-bond acceptors (Lipinski definition) is 9. The first-order chi connectivity index (χ1) is 17.5. The molecule has 4 aromatic heterocycles. The molecule has 1 aliphatic heterocycles. The summed E-state index contributed by atoms with van der Waals surface area (Å²) >= 11 is 1.33. The molecule has 1 aliphatic carbocycles. The van der Waals surface area contributed by atoms with Crippen LogP contribution in [0, 0.1) is 0 Å². The van der Waals surface area contributed by atoms with Gasteiger partial charge in [-0.25, -0.2) is 4.98 Å². The van der Waals surface area contributed by atoms with Crippen LogP contribution in [0.25, 0.3) is 21.3 Å². The van der Waals surface area contributed by atoms with E-state index in [0.29, 0.717) is 59.8 Å². The lowest BCUT2D eigenvalue weighted by Gasteiger charge is -2.27. The number of nitrogens with one attached hydrogen (secondary N) is 1. The third kappa shape index (κ3) is 4.01. The Bertz CT molecular complexity index is 1490. The molecular formula is C25H28N6O4S. The van der Waals surface area contributed by atoms with Crippen molar-refractivity contribution in [2.75, 3.05) is 50.6 Å². The van der Waals surface area contributed by atoms with Crippen molar-refractivity contribution >= 4 is 56.1 Å². The van der Waals surface area contributed by atoms with Crippen molar-refractivity contribution in [1.29, 1.82) is 0 Å². The number of carbonyl (C=O) groups excluding carboxylic acids is 1. The predicted molar refractivity (Wildman–Crippen MR) is 140 cm³/mol. The lowest BCUT2D eigenvalue weighted by molar-refractivity contribution is 0.0815. The number of ether oxygens (including phenoxy) is 1. The molecule has 0 bridgehead atoms. The molecule has 0 radical (unpaired) electrons. The Hall–Kier alpha value is -3.44. The summed E-state index contributed by atoms with van der Waals surface area (Å²) in [5.74, 6) is 0.883. The van der Waals surface area contributed by atoms with E-state index >= 15 is 0 Å². The van der Waals surface area contributed by atoms with E-state index in [2.05, 4.69) is 14.9 Å². The van der Waals surface area contributed by atoms with Crippen molar-refractivity contribution in [1.82, 2.24) is 19.4 Å². The molecule has 5 heterocycles. The summed E-state index contributed by atoms with van der Waals surface area (Å²) in [5.41, 5.74) is 2.43. The number of carbonyl (C=O) groups is 1. The van der Waals surface area contributed by atoms with Gasteiger partial charge < -0.3 is 28.8 Å². The Morgan fingerprint density at radius 1 is 1.19 bits per heavy atom. The molecule has 2 fully saturated rings. The zero-order valence-electron chi connectivity index (χ0n) is 20.3.